The molecular formula is C12H11ClN2O. The number of aliphatic hydroxyl groups excluding tert-OH is 1. The molecule has 0 fully saturated rings. The lowest BCUT2D eigenvalue weighted by atomic mass is 10.1. The number of fused-ring (bicyclic) bond motifs is 1. The highest BCUT2D eigenvalue weighted by Gasteiger charge is 2.10. The summed E-state index contributed by atoms with van der Waals surface area (Å²) in [5, 5.41) is 9.48. The van der Waals surface area contributed by atoms with E-state index in [9.17, 15) is 5.11 Å². The molecule has 3 nitrogen and oxygen atoms in total. The van der Waals surface area contributed by atoms with Crippen molar-refractivity contribution in [2.45, 2.75) is 13.8 Å². The summed E-state index contributed by atoms with van der Waals surface area (Å²) >= 11 is 5.90. The Balaban J connectivity index is 2.79. The van der Waals surface area contributed by atoms with E-state index in [-0.39, 0.29) is 16.6 Å². The smallest absolute Gasteiger partial charge is 0.159 e. The highest BCUT2D eigenvalue weighted by atomic mass is 35.5. The van der Waals surface area contributed by atoms with Gasteiger partial charge in [-0.15, -0.1) is 0 Å². The third-order valence-electron chi connectivity index (χ3n) is 2.51. The third-order valence-corrected chi connectivity index (χ3v) is 2.77. The van der Waals surface area contributed by atoms with Gasteiger partial charge >= 0.3 is 0 Å². The summed E-state index contributed by atoms with van der Waals surface area (Å²) in [7, 11) is 0. The van der Waals surface area contributed by atoms with Crippen LogP contribution in [0, 0.1) is 13.8 Å². The lowest BCUT2D eigenvalue weighted by Crippen LogP contribution is -1.95. The van der Waals surface area contributed by atoms with Crippen molar-refractivity contribution in [2.75, 3.05) is 0 Å². The third kappa shape index (κ3) is 1.74. The number of hydrogen-bond donors (Lipinski definition) is 1. The largest absolute Gasteiger partial charge is 0.506 e. The zero-order valence-electron chi connectivity index (χ0n) is 9.08. The molecule has 82 valence electrons. The number of hydrogen-bond acceptors (Lipinski definition) is 3. The summed E-state index contributed by atoms with van der Waals surface area (Å²) in [5.74, 6) is -0.169. The van der Waals surface area contributed by atoms with Gasteiger partial charge in [-0.3, -0.25) is 0 Å². The predicted molar refractivity (Wildman–Crippen MR) is 65.7 cm³/mol. The maximum absolute atomic E-state index is 9.31. The first-order chi connectivity index (χ1) is 7.49. The number of aromatic nitrogens is 2. The molecule has 0 aliphatic carbocycles. The van der Waals surface area contributed by atoms with Crippen molar-refractivity contribution >= 4 is 28.4 Å². The molecule has 16 heavy (non-hydrogen) atoms. The molecule has 0 spiro atoms. The van der Waals surface area contributed by atoms with Crippen molar-refractivity contribution in [1.82, 2.24) is 9.97 Å². The fraction of sp³-hybridized carbons (Fsp3) is 0.167. The van der Waals surface area contributed by atoms with Crippen LogP contribution in [0.4, 0.5) is 0 Å². The molecule has 0 radical (unpaired) electrons. The van der Waals surface area contributed by atoms with E-state index in [0.29, 0.717) is 5.52 Å². The molecule has 0 aliphatic rings. The van der Waals surface area contributed by atoms with Crippen LogP contribution in [0.2, 0.25) is 5.15 Å². The second-order valence-electron chi connectivity index (χ2n) is 3.73. The van der Waals surface area contributed by atoms with Gasteiger partial charge in [0.2, 0.25) is 0 Å². The summed E-state index contributed by atoms with van der Waals surface area (Å²) < 4.78 is 0. The predicted octanol–water partition coefficient (Wildman–Crippen LogP) is 3.43. The molecule has 1 heterocycles. The number of rotatable bonds is 1. The normalized spacial score (nSPS) is 10.7. The first-order valence-electron chi connectivity index (χ1n) is 4.82. The minimum Gasteiger partial charge on any atom is -0.506 e. The van der Waals surface area contributed by atoms with E-state index in [0.717, 1.165) is 16.6 Å². The molecule has 1 aromatic heterocycles. The van der Waals surface area contributed by atoms with E-state index in [4.69, 9.17) is 11.6 Å². The fourth-order valence-corrected chi connectivity index (χ4v) is 1.72. The Hall–Kier alpha value is -1.61. The molecule has 1 N–H and O–H groups in total. The van der Waals surface area contributed by atoms with E-state index in [2.05, 4.69) is 16.5 Å². The van der Waals surface area contributed by atoms with Crippen LogP contribution in [0.3, 0.4) is 0 Å². The van der Waals surface area contributed by atoms with Crippen molar-refractivity contribution in [3.8, 4) is 0 Å². The lowest BCUT2D eigenvalue weighted by Gasteiger charge is -2.06. The van der Waals surface area contributed by atoms with E-state index < -0.39 is 0 Å². The van der Waals surface area contributed by atoms with E-state index in [1.807, 2.05) is 26.0 Å². The molecule has 0 aliphatic heterocycles. The summed E-state index contributed by atoms with van der Waals surface area (Å²) in [6.45, 7) is 7.40. The number of benzene rings is 1. The van der Waals surface area contributed by atoms with Gasteiger partial charge in [-0.25, -0.2) is 9.97 Å². The Morgan fingerprint density at radius 3 is 2.19 bits per heavy atom. The fourth-order valence-electron chi connectivity index (χ4n) is 1.47. The molecule has 4 heteroatoms. The Labute approximate surface area is 98.4 Å². The van der Waals surface area contributed by atoms with Gasteiger partial charge in [0.05, 0.1) is 11.0 Å². The van der Waals surface area contributed by atoms with E-state index >= 15 is 0 Å². The van der Waals surface area contributed by atoms with Crippen LogP contribution in [0.25, 0.3) is 16.8 Å². The van der Waals surface area contributed by atoms with Gasteiger partial charge in [0.15, 0.2) is 5.15 Å². The van der Waals surface area contributed by atoms with Crippen molar-refractivity contribution in [3.05, 3.63) is 40.7 Å². The Kier molecular flexibility index (Phi) is 2.56. The van der Waals surface area contributed by atoms with Crippen LogP contribution in [0.5, 0.6) is 0 Å². The molecule has 0 atom stereocenters. The number of aliphatic hydroxyl groups is 1. The monoisotopic (exact) mass is 234 g/mol. The quantitative estimate of drug-likeness (QED) is 0.769. The van der Waals surface area contributed by atoms with Crippen molar-refractivity contribution in [2.24, 2.45) is 0 Å². The summed E-state index contributed by atoms with van der Waals surface area (Å²) in [6, 6.07) is 3.84. The summed E-state index contributed by atoms with van der Waals surface area (Å²) in [5.41, 5.74) is 3.92. The van der Waals surface area contributed by atoms with Crippen LogP contribution in [-0.2, 0) is 0 Å². The molecule has 0 unspecified atom stereocenters. The van der Waals surface area contributed by atoms with E-state index in [1.54, 1.807) is 0 Å². The first kappa shape index (κ1) is 10.9. The van der Waals surface area contributed by atoms with Gasteiger partial charge in [0, 0.05) is 0 Å². The van der Waals surface area contributed by atoms with Gasteiger partial charge in [-0.05, 0) is 37.1 Å². The lowest BCUT2D eigenvalue weighted by molar-refractivity contribution is 0.510. The summed E-state index contributed by atoms with van der Waals surface area (Å²) in [6.07, 6.45) is 0. The first-order valence-corrected chi connectivity index (χ1v) is 5.19. The van der Waals surface area contributed by atoms with Gasteiger partial charge in [0.1, 0.15) is 11.5 Å². The highest BCUT2D eigenvalue weighted by molar-refractivity contribution is 6.31. The number of aryl methyl sites for hydroxylation is 2. The van der Waals surface area contributed by atoms with Gasteiger partial charge in [-0.1, -0.05) is 18.2 Å². The molecule has 2 aromatic rings. The average Bonchev–Trinajstić information content (AvgIpc) is 2.19. The standard InChI is InChI=1S/C12H11ClN2O/c1-6-4-9-10(5-7(6)2)15-12(13)11(14-9)8(3)16/h4-5,16H,3H2,1-2H3. The summed E-state index contributed by atoms with van der Waals surface area (Å²) in [4.78, 5) is 8.41. The van der Waals surface area contributed by atoms with Gasteiger partial charge < -0.3 is 5.11 Å². The molecule has 0 saturated carbocycles. The minimum absolute atomic E-state index is 0.169. The maximum Gasteiger partial charge on any atom is 0.159 e. The topological polar surface area (TPSA) is 46.0 Å². The minimum atomic E-state index is -0.169. The van der Waals surface area contributed by atoms with Crippen LogP contribution in [0.1, 0.15) is 16.8 Å². The average molecular weight is 235 g/mol. The van der Waals surface area contributed by atoms with Crippen molar-refractivity contribution in [3.63, 3.8) is 0 Å². The zero-order chi connectivity index (χ0) is 11.9. The Bertz CT molecular complexity index is 593. The van der Waals surface area contributed by atoms with Gasteiger partial charge in [-0.2, -0.15) is 0 Å². The molecule has 0 bridgehead atoms. The SMILES string of the molecule is C=C(O)c1nc2cc(C)c(C)cc2nc1Cl. The van der Waals surface area contributed by atoms with Crippen LogP contribution in [0.15, 0.2) is 18.7 Å². The maximum atomic E-state index is 9.31. The molecule has 1 aromatic carbocycles. The Morgan fingerprint density at radius 1 is 1.19 bits per heavy atom. The number of nitrogens with zero attached hydrogens (tertiary/aromatic N) is 2. The second kappa shape index (κ2) is 3.76. The van der Waals surface area contributed by atoms with Crippen molar-refractivity contribution < 1.29 is 5.11 Å². The molecule has 0 saturated heterocycles. The van der Waals surface area contributed by atoms with E-state index in [1.165, 1.54) is 0 Å². The zero-order valence-corrected chi connectivity index (χ0v) is 9.84. The molecule has 2 rings (SSSR count). The van der Waals surface area contributed by atoms with Crippen LogP contribution in [-0.4, -0.2) is 15.1 Å². The second-order valence-corrected chi connectivity index (χ2v) is 4.09. The van der Waals surface area contributed by atoms with Crippen LogP contribution < -0.4 is 0 Å². The van der Waals surface area contributed by atoms with Crippen LogP contribution >= 0.6 is 11.6 Å². The van der Waals surface area contributed by atoms with Crippen molar-refractivity contribution in [1.29, 1.82) is 0 Å². The highest BCUT2D eigenvalue weighted by Crippen LogP contribution is 2.23. The molecule has 0 amide bonds. The molecular weight excluding hydrogens is 224 g/mol. The Morgan fingerprint density at radius 2 is 1.69 bits per heavy atom. The number of halogens is 1. The van der Waals surface area contributed by atoms with Gasteiger partial charge in [0.25, 0.3) is 0 Å².